The van der Waals surface area contributed by atoms with Crippen molar-refractivity contribution in [3.63, 3.8) is 0 Å². The fourth-order valence-corrected chi connectivity index (χ4v) is 3.34. The molecule has 2 atom stereocenters. The maximum absolute atomic E-state index is 6.12. The third kappa shape index (κ3) is 1.58. The van der Waals surface area contributed by atoms with E-state index in [9.17, 15) is 0 Å². The van der Waals surface area contributed by atoms with Crippen molar-refractivity contribution < 1.29 is 4.74 Å². The molecule has 1 fully saturated rings. The lowest BCUT2D eigenvalue weighted by Crippen LogP contribution is -2.23. The third-order valence-corrected chi connectivity index (χ3v) is 4.15. The Kier molecular flexibility index (Phi) is 2.34. The first-order valence-electron chi connectivity index (χ1n) is 6.90. The largest absolute Gasteiger partial charge is 0.353 e. The van der Waals surface area contributed by atoms with Gasteiger partial charge in [0.2, 0.25) is 0 Å². The molecule has 2 aliphatic rings. The molecule has 1 saturated heterocycles. The molecule has 0 radical (unpaired) electrons. The van der Waals surface area contributed by atoms with Crippen molar-refractivity contribution in [2.45, 2.75) is 32.7 Å². The Morgan fingerprint density at radius 2 is 2.00 bits per heavy atom. The topological polar surface area (TPSA) is 17.4 Å². The second-order valence-electron chi connectivity index (χ2n) is 5.59. The molecule has 0 bridgehead atoms. The van der Waals surface area contributed by atoms with Crippen LogP contribution < -0.4 is 0 Å². The fraction of sp³-hybridized carbons (Fsp3) is 0.375. The molecule has 0 amide bonds. The second-order valence-corrected chi connectivity index (χ2v) is 5.59. The minimum Gasteiger partial charge on any atom is -0.353 e. The number of benzene rings is 1. The molecular weight excluding hydrogens is 236 g/mol. The Bertz CT molecular complexity index is 631. The van der Waals surface area contributed by atoms with E-state index in [0.29, 0.717) is 6.10 Å². The van der Waals surface area contributed by atoms with E-state index in [-0.39, 0.29) is 6.23 Å². The Balaban J connectivity index is 1.96. The number of fused-ring (bicyclic) bond motifs is 5. The number of aryl methyl sites for hydroxylation is 1. The summed E-state index contributed by atoms with van der Waals surface area (Å²) in [6.07, 6.45) is 0.398. The fourth-order valence-electron chi connectivity index (χ4n) is 3.34. The van der Waals surface area contributed by atoms with Crippen molar-refractivity contribution in [1.82, 2.24) is 9.47 Å². The van der Waals surface area contributed by atoms with E-state index in [1.165, 1.54) is 22.6 Å². The number of hydrogen-bond donors (Lipinski definition) is 0. The van der Waals surface area contributed by atoms with Crippen LogP contribution in [-0.4, -0.2) is 22.1 Å². The Morgan fingerprint density at radius 1 is 1.16 bits per heavy atom. The van der Waals surface area contributed by atoms with Crippen molar-refractivity contribution in [1.29, 1.82) is 0 Å². The molecule has 2 aromatic rings. The van der Waals surface area contributed by atoms with E-state index >= 15 is 0 Å². The third-order valence-electron chi connectivity index (χ3n) is 4.15. The van der Waals surface area contributed by atoms with Gasteiger partial charge in [0.05, 0.1) is 17.5 Å². The van der Waals surface area contributed by atoms with Crippen LogP contribution in [0.1, 0.15) is 30.1 Å². The van der Waals surface area contributed by atoms with Crippen LogP contribution in [0.2, 0.25) is 0 Å². The van der Waals surface area contributed by atoms with Crippen molar-refractivity contribution in [3.8, 4) is 5.69 Å². The summed E-state index contributed by atoms with van der Waals surface area (Å²) in [4.78, 5) is 2.43. The summed E-state index contributed by atoms with van der Waals surface area (Å²) in [5.74, 6) is 0. The average molecular weight is 254 g/mol. The molecule has 98 valence electrons. The van der Waals surface area contributed by atoms with Crippen molar-refractivity contribution >= 4 is 0 Å². The average Bonchev–Trinajstić information content (AvgIpc) is 2.90. The van der Waals surface area contributed by atoms with Gasteiger partial charge in [0.25, 0.3) is 0 Å². The first kappa shape index (κ1) is 11.3. The number of nitrogens with zero attached hydrogens (tertiary/aromatic N) is 2. The maximum atomic E-state index is 6.12. The zero-order valence-electron chi connectivity index (χ0n) is 11.3. The minimum atomic E-state index is 0.0936. The normalized spacial score (nSPS) is 25.6. The SMILES string of the molecule is Cc1ccc2n1-c1ccccc1CN1C[C@@H](C)O[C@H]21. The number of para-hydroxylation sites is 1. The van der Waals surface area contributed by atoms with Gasteiger partial charge in [-0.15, -0.1) is 0 Å². The van der Waals surface area contributed by atoms with Crippen LogP contribution in [0.3, 0.4) is 0 Å². The molecule has 3 heteroatoms. The number of hydrogen-bond acceptors (Lipinski definition) is 2. The molecule has 19 heavy (non-hydrogen) atoms. The molecule has 0 N–H and O–H groups in total. The lowest BCUT2D eigenvalue weighted by molar-refractivity contribution is -0.000742. The standard InChI is InChI=1S/C16H18N2O/c1-11-7-8-15-16-17(9-12(2)19-16)10-13-5-3-4-6-14(13)18(11)15/h3-8,12,16H,9-10H2,1-2H3/t12-,16-/m1/s1. The van der Waals surface area contributed by atoms with Gasteiger partial charge < -0.3 is 9.30 Å². The second kappa shape index (κ2) is 3.95. The van der Waals surface area contributed by atoms with Gasteiger partial charge in [0, 0.05) is 18.8 Å². The van der Waals surface area contributed by atoms with Gasteiger partial charge in [0.15, 0.2) is 6.23 Å². The number of aromatic nitrogens is 1. The molecule has 3 nitrogen and oxygen atoms in total. The molecular formula is C16H18N2O. The van der Waals surface area contributed by atoms with Gasteiger partial charge in [-0.3, -0.25) is 4.90 Å². The summed E-state index contributed by atoms with van der Waals surface area (Å²) in [6.45, 7) is 6.28. The first-order valence-corrected chi connectivity index (χ1v) is 6.90. The van der Waals surface area contributed by atoms with E-state index in [2.05, 4.69) is 59.7 Å². The zero-order valence-corrected chi connectivity index (χ0v) is 11.3. The summed E-state index contributed by atoms with van der Waals surface area (Å²) in [7, 11) is 0. The monoisotopic (exact) mass is 254 g/mol. The van der Waals surface area contributed by atoms with E-state index < -0.39 is 0 Å². The van der Waals surface area contributed by atoms with Crippen molar-refractivity contribution in [3.05, 3.63) is 53.3 Å². The molecule has 1 aromatic heterocycles. The van der Waals surface area contributed by atoms with Gasteiger partial charge in [-0.05, 0) is 37.6 Å². The van der Waals surface area contributed by atoms with Crippen LogP contribution in [0, 0.1) is 6.92 Å². The zero-order chi connectivity index (χ0) is 13.0. The van der Waals surface area contributed by atoms with Crippen LogP contribution in [0.4, 0.5) is 0 Å². The van der Waals surface area contributed by atoms with Crippen molar-refractivity contribution in [2.75, 3.05) is 6.54 Å². The predicted molar refractivity (Wildman–Crippen MR) is 74.2 cm³/mol. The number of rotatable bonds is 0. The molecule has 1 aromatic carbocycles. The van der Waals surface area contributed by atoms with Crippen LogP contribution in [0.15, 0.2) is 36.4 Å². The van der Waals surface area contributed by atoms with Gasteiger partial charge in [-0.25, -0.2) is 0 Å². The summed E-state index contributed by atoms with van der Waals surface area (Å²) in [5.41, 5.74) is 5.20. The molecule has 0 saturated carbocycles. The van der Waals surface area contributed by atoms with E-state index in [1.807, 2.05) is 0 Å². The molecule has 2 aliphatic heterocycles. The highest BCUT2D eigenvalue weighted by molar-refractivity contribution is 5.46. The van der Waals surface area contributed by atoms with E-state index in [1.54, 1.807) is 0 Å². The Morgan fingerprint density at radius 3 is 2.89 bits per heavy atom. The van der Waals surface area contributed by atoms with Gasteiger partial charge in [0.1, 0.15) is 0 Å². The summed E-state index contributed by atoms with van der Waals surface area (Å²) < 4.78 is 8.47. The lowest BCUT2D eigenvalue weighted by atomic mass is 10.1. The minimum absolute atomic E-state index is 0.0936. The predicted octanol–water partition coefficient (Wildman–Crippen LogP) is 3.02. The van der Waals surface area contributed by atoms with Crippen LogP contribution in [0.5, 0.6) is 0 Å². The van der Waals surface area contributed by atoms with Crippen LogP contribution >= 0.6 is 0 Å². The van der Waals surface area contributed by atoms with Gasteiger partial charge >= 0.3 is 0 Å². The maximum Gasteiger partial charge on any atom is 0.152 e. The highest BCUT2D eigenvalue weighted by Crippen LogP contribution is 2.38. The van der Waals surface area contributed by atoms with Crippen molar-refractivity contribution in [2.24, 2.45) is 0 Å². The van der Waals surface area contributed by atoms with E-state index in [4.69, 9.17) is 4.74 Å². The van der Waals surface area contributed by atoms with Crippen LogP contribution in [0.25, 0.3) is 5.69 Å². The Labute approximate surface area is 113 Å². The summed E-state index contributed by atoms with van der Waals surface area (Å²) in [5, 5.41) is 0. The van der Waals surface area contributed by atoms with E-state index in [0.717, 1.165) is 13.1 Å². The molecule has 4 rings (SSSR count). The highest BCUT2D eigenvalue weighted by atomic mass is 16.5. The molecule has 3 heterocycles. The molecule has 0 spiro atoms. The smallest absolute Gasteiger partial charge is 0.152 e. The quantitative estimate of drug-likeness (QED) is 0.719. The number of ether oxygens (including phenoxy) is 1. The summed E-state index contributed by atoms with van der Waals surface area (Å²) >= 11 is 0. The highest BCUT2D eigenvalue weighted by Gasteiger charge is 2.36. The van der Waals surface area contributed by atoms with Crippen LogP contribution in [-0.2, 0) is 11.3 Å². The lowest BCUT2D eigenvalue weighted by Gasteiger charge is -2.19. The molecule has 0 unspecified atom stereocenters. The first-order chi connectivity index (χ1) is 9.24. The Hall–Kier alpha value is -1.58. The summed E-state index contributed by atoms with van der Waals surface area (Å²) in [6, 6.07) is 13.1. The van der Waals surface area contributed by atoms with Gasteiger partial charge in [-0.1, -0.05) is 18.2 Å². The molecule has 0 aliphatic carbocycles. The van der Waals surface area contributed by atoms with Gasteiger partial charge in [-0.2, -0.15) is 0 Å².